The molecule has 0 fully saturated rings. The molecule has 0 unspecified atom stereocenters. The predicted molar refractivity (Wildman–Crippen MR) is 124 cm³/mol. The van der Waals surface area contributed by atoms with E-state index < -0.39 is 5.97 Å². The van der Waals surface area contributed by atoms with Gasteiger partial charge in [0.1, 0.15) is 5.01 Å². The number of halogens is 1. The van der Waals surface area contributed by atoms with Gasteiger partial charge in [-0.05, 0) is 47.9 Å². The number of pyridine rings is 1. The zero-order valence-corrected chi connectivity index (χ0v) is 18.3. The number of carboxylic acid groups (broad SMARTS) is 1. The molecule has 154 valence electrons. The number of carboxylic acids is 1. The van der Waals surface area contributed by atoms with Crippen molar-refractivity contribution in [2.45, 2.75) is 13.3 Å². The van der Waals surface area contributed by atoms with Crippen molar-refractivity contribution in [1.29, 1.82) is 0 Å². The van der Waals surface area contributed by atoms with Crippen molar-refractivity contribution in [3.8, 4) is 21.7 Å². The Morgan fingerprint density at radius 1 is 1.16 bits per heavy atom. The van der Waals surface area contributed by atoms with Crippen LogP contribution in [0.1, 0.15) is 11.1 Å². The minimum Gasteiger partial charge on any atom is -0.481 e. The van der Waals surface area contributed by atoms with Crippen LogP contribution >= 0.6 is 22.9 Å². The number of aryl methyl sites for hydroxylation is 2. The lowest BCUT2D eigenvalue weighted by atomic mass is 9.93. The highest BCUT2D eigenvalue weighted by Gasteiger charge is 2.20. The molecule has 31 heavy (non-hydrogen) atoms. The van der Waals surface area contributed by atoms with E-state index in [4.69, 9.17) is 16.6 Å². The number of nitrogens with zero attached hydrogens (tertiary/aromatic N) is 4. The first-order chi connectivity index (χ1) is 14.9. The molecule has 8 heteroatoms. The van der Waals surface area contributed by atoms with Crippen molar-refractivity contribution in [2.24, 2.45) is 7.05 Å². The molecule has 0 spiro atoms. The number of benzene rings is 2. The van der Waals surface area contributed by atoms with E-state index in [1.54, 1.807) is 17.1 Å². The van der Waals surface area contributed by atoms with Crippen LogP contribution < -0.4 is 0 Å². The van der Waals surface area contributed by atoms with Gasteiger partial charge in [0.2, 0.25) is 0 Å². The highest BCUT2D eigenvalue weighted by atomic mass is 35.5. The first-order valence-electron chi connectivity index (χ1n) is 9.59. The van der Waals surface area contributed by atoms with Gasteiger partial charge >= 0.3 is 5.97 Å². The molecule has 0 aliphatic heterocycles. The molecule has 1 N–H and O–H groups in total. The summed E-state index contributed by atoms with van der Waals surface area (Å²) in [5.41, 5.74) is 6.06. The maximum atomic E-state index is 11.6. The van der Waals surface area contributed by atoms with Gasteiger partial charge in [-0.25, -0.2) is 9.97 Å². The summed E-state index contributed by atoms with van der Waals surface area (Å²) in [7, 11) is 1.86. The zero-order valence-electron chi connectivity index (χ0n) is 16.8. The lowest BCUT2D eigenvalue weighted by Gasteiger charge is -2.13. The van der Waals surface area contributed by atoms with Crippen molar-refractivity contribution in [2.75, 3.05) is 0 Å². The van der Waals surface area contributed by atoms with E-state index in [-0.39, 0.29) is 6.42 Å². The number of fused-ring (bicyclic) bond motifs is 2. The average Bonchev–Trinajstić information content (AvgIpc) is 3.32. The molecule has 6 nitrogen and oxygen atoms in total. The first-order valence-corrected chi connectivity index (χ1v) is 10.8. The second-order valence-corrected chi connectivity index (χ2v) is 8.83. The predicted octanol–water partition coefficient (Wildman–Crippen LogP) is 5.50. The Bertz CT molecular complexity index is 1470. The third kappa shape index (κ3) is 3.45. The standard InChI is InChI=1S/C23H17ClN4O2S/c1-12-7-18-21(20(17(12)9-19(29)30)13-3-5-16(24)6-4-13)31-23(27-18)15-8-14-11-26-28(2)22(14)25-10-15/h3-8,10-11H,9H2,1-2H3,(H,29,30). The Kier molecular flexibility index (Phi) is 4.72. The van der Waals surface area contributed by atoms with Gasteiger partial charge in [-0.1, -0.05) is 23.7 Å². The van der Waals surface area contributed by atoms with Crippen LogP contribution in [0.2, 0.25) is 5.02 Å². The minimum absolute atomic E-state index is 0.0594. The number of hydrogen-bond donors (Lipinski definition) is 1. The van der Waals surface area contributed by atoms with Crippen molar-refractivity contribution in [3.05, 3.63) is 64.9 Å². The van der Waals surface area contributed by atoms with Gasteiger partial charge < -0.3 is 5.11 Å². The summed E-state index contributed by atoms with van der Waals surface area (Å²) >= 11 is 7.63. The lowest BCUT2D eigenvalue weighted by molar-refractivity contribution is -0.136. The summed E-state index contributed by atoms with van der Waals surface area (Å²) in [5.74, 6) is -0.867. The second kappa shape index (κ2) is 7.44. The summed E-state index contributed by atoms with van der Waals surface area (Å²) in [6.07, 6.45) is 3.53. The van der Waals surface area contributed by atoms with Crippen molar-refractivity contribution >= 4 is 50.2 Å². The molecule has 0 bridgehead atoms. The molecule has 0 saturated heterocycles. The molecule has 0 amide bonds. The summed E-state index contributed by atoms with van der Waals surface area (Å²) in [5, 5.41) is 16.2. The quantitative estimate of drug-likeness (QED) is 0.392. The fourth-order valence-electron chi connectivity index (χ4n) is 3.82. The van der Waals surface area contributed by atoms with Crippen molar-refractivity contribution in [1.82, 2.24) is 19.7 Å². The van der Waals surface area contributed by atoms with Gasteiger partial charge in [0.25, 0.3) is 0 Å². The van der Waals surface area contributed by atoms with E-state index in [0.717, 1.165) is 54.1 Å². The Morgan fingerprint density at radius 3 is 2.68 bits per heavy atom. The number of rotatable bonds is 4. The van der Waals surface area contributed by atoms with Gasteiger partial charge in [-0.2, -0.15) is 5.10 Å². The number of hydrogen-bond acceptors (Lipinski definition) is 5. The van der Waals surface area contributed by atoms with Gasteiger partial charge in [0.05, 0.1) is 22.8 Å². The van der Waals surface area contributed by atoms with Crippen LogP contribution in [0, 0.1) is 6.92 Å². The first kappa shape index (κ1) is 19.7. The van der Waals surface area contributed by atoms with E-state index in [1.165, 1.54) is 11.3 Å². The number of carbonyl (C=O) groups is 1. The monoisotopic (exact) mass is 448 g/mol. The SMILES string of the molecule is Cc1cc2nc(-c3cnc4c(cnn4C)c3)sc2c(-c2ccc(Cl)cc2)c1CC(=O)O. The van der Waals surface area contributed by atoms with E-state index in [1.807, 2.05) is 50.4 Å². The molecule has 0 radical (unpaired) electrons. The van der Waals surface area contributed by atoms with Crippen LogP contribution in [0.15, 0.2) is 48.8 Å². The maximum absolute atomic E-state index is 11.6. The maximum Gasteiger partial charge on any atom is 0.307 e. The Labute approximate surface area is 186 Å². The largest absolute Gasteiger partial charge is 0.481 e. The molecule has 0 aliphatic carbocycles. The number of aliphatic carboxylic acids is 1. The number of aromatic nitrogens is 4. The van der Waals surface area contributed by atoms with E-state index in [9.17, 15) is 9.90 Å². The van der Waals surface area contributed by atoms with Crippen molar-refractivity contribution < 1.29 is 9.90 Å². The van der Waals surface area contributed by atoms with Crippen molar-refractivity contribution in [3.63, 3.8) is 0 Å². The molecular weight excluding hydrogens is 432 g/mol. The third-order valence-corrected chi connectivity index (χ3v) is 6.68. The molecule has 0 aliphatic rings. The normalized spacial score (nSPS) is 11.5. The summed E-state index contributed by atoms with van der Waals surface area (Å²) < 4.78 is 2.68. The molecule has 3 aromatic heterocycles. The minimum atomic E-state index is -0.867. The molecular formula is C23H17ClN4O2S. The van der Waals surface area contributed by atoms with Crippen LogP contribution in [-0.2, 0) is 18.3 Å². The zero-order chi connectivity index (χ0) is 21.7. The molecule has 0 saturated carbocycles. The fraction of sp³-hybridized carbons (Fsp3) is 0.130. The molecule has 0 atom stereocenters. The number of thiazole rings is 1. The van der Waals surface area contributed by atoms with Crippen LogP contribution in [-0.4, -0.2) is 30.8 Å². The van der Waals surface area contributed by atoms with Gasteiger partial charge in [-0.3, -0.25) is 9.48 Å². The van der Waals surface area contributed by atoms with E-state index in [2.05, 4.69) is 10.1 Å². The third-order valence-electron chi connectivity index (χ3n) is 5.29. The topological polar surface area (TPSA) is 80.9 Å². The Morgan fingerprint density at radius 2 is 1.94 bits per heavy atom. The molecule has 5 rings (SSSR count). The van der Waals surface area contributed by atoms with E-state index in [0.29, 0.717) is 5.02 Å². The Balaban J connectivity index is 1.75. The smallest absolute Gasteiger partial charge is 0.307 e. The molecule has 3 heterocycles. The fourth-order valence-corrected chi connectivity index (χ4v) is 5.07. The van der Waals surface area contributed by atoms with Crippen LogP contribution in [0.3, 0.4) is 0 Å². The van der Waals surface area contributed by atoms with Crippen LogP contribution in [0.25, 0.3) is 42.9 Å². The summed E-state index contributed by atoms with van der Waals surface area (Å²) in [4.78, 5) is 21.0. The second-order valence-electron chi connectivity index (χ2n) is 7.40. The van der Waals surface area contributed by atoms with Crippen LogP contribution in [0.4, 0.5) is 0 Å². The highest BCUT2D eigenvalue weighted by molar-refractivity contribution is 7.22. The Hall–Kier alpha value is -3.29. The van der Waals surface area contributed by atoms with Crippen LogP contribution in [0.5, 0.6) is 0 Å². The average molecular weight is 449 g/mol. The molecule has 5 aromatic rings. The summed E-state index contributed by atoms with van der Waals surface area (Å²) in [6, 6.07) is 11.5. The van der Waals surface area contributed by atoms with Gasteiger partial charge in [-0.15, -0.1) is 11.3 Å². The van der Waals surface area contributed by atoms with E-state index >= 15 is 0 Å². The summed E-state index contributed by atoms with van der Waals surface area (Å²) in [6.45, 7) is 1.93. The molecule has 2 aromatic carbocycles. The highest BCUT2D eigenvalue weighted by Crippen LogP contribution is 2.41. The van der Waals surface area contributed by atoms with Gasteiger partial charge in [0, 0.05) is 34.8 Å². The van der Waals surface area contributed by atoms with Gasteiger partial charge in [0.15, 0.2) is 5.65 Å². The lowest BCUT2D eigenvalue weighted by Crippen LogP contribution is -2.04.